The van der Waals surface area contributed by atoms with Gasteiger partial charge in [-0.2, -0.15) is 0 Å². The van der Waals surface area contributed by atoms with Crippen molar-refractivity contribution in [2.75, 3.05) is 0 Å². The van der Waals surface area contributed by atoms with Gasteiger partial charge in [-0.25, -0.2) is 13.4 Å². The Kier molecular flexibility index (Phi) is 4.80. The van der Waals surface area contributed by atoms with Gasteiger partial charge >= 0.3 is 0 Å². The van der Waals surface area contributed by atoms with E-state index in [1.807, 2.05) is 18.9 Å². The second kappa shape index (κ2) is 6.22. The maximum atomic E-state index is 12.4. The van der Waals surface area contributed by atoms with Crippen molar-refractivity contribution >= 4 is 10.0 Å². The van der Waals surface area contributed by atoms with Gasteiger partial charge in [0.25, 0.3) is 10.0 Å². The Morgan fingerprint density at radius 1 is 1.30 bits per heavy atom. The number of hydrogen-bond acceptors (Lipinski definition) is 4. The minimum Gasteiger partial charge on any atom is -0.392 e. The molecule has 0 bridgehead atoms. The van der Waals surface area contributed by atoms with E-state index < -0.39 is 10.0 Å². The standard InChI is InChI=1S/C14H22N2O3S/c1-11-5-3-6-12(2)16(11)15-20(18,19)14-8-4-7-13(9-14)10-17/h4,7-9,11-12,15,17H,3,5-6,10H2,1-2H3. The molecule has 1 aliphatic heterocycles. The van der Waals surface area contributed by atoms with Crippen molar-refractivity contribution in [1.29, 1.82) is 0 Å². The van der Waals surface area contributed by atoms with Crippen LogP contribution in [0.4, 0.5) is 0 Å². The molecule has 2 rings (SSSR count). The van der Waals surface area contributed by atoms with E-state index in [1.165, 1.54) is 6.07 Å². The van der Waals surface area contributed by atoms with E-state index in [0.29, 0.717) is 5.56 Å². The summed E-state index contributed by atoms with van der Waals surface area (Å²) in [7, 11) is -3.59. The zero-order valence-corrected chi connectivity index (χ0v) is 12.7. The van der Waals surface area contributed by atoms with Crippen molar-refractivity contribution in [3.63, 3.8) is 0 Å². The number of rotatable bonds is 4. The fourth-order valence-corrected chi connectivity index (χ4v) is 3.91. The van der Waals surface area contributed by atoms with Crippen LogP contribution in [-0.2, 0) is 16.6 Å². The molecular weight excluding hydrogens is 276 g/mol. The molecule has 5 nitrogen and oxygen atoms in total. The number of aliphatic hydroxyl groups excluding tert-OH is 1. The highest BCUT2D eigenvalue weighted by Gasteiger charge is 2.29. The first kappa shape index (κ1) is 15.4. The summed E-state index contributed by atoms with van der Waals surface area (Å²) < 4.78 is 24.9. The third-order valence-electron chi connectivity index (χ3n) is 3.81. The van der Waals surface area contributed by atoms with Gasteiger partial charge in [0.2, 0.25) is 0 Å². The molecule has 2 atom stereocenters. The smallest absolute Gasteiger partial charge is 0.253 e. The Balaban J connectivity index is 2.21. The molecule has 2 N–H and O–H groups in total. The lowest BCUT2D eigenvalue weighted by Gasteiger charge is -2.38. The molecule has 0 saturated carbocycles. The molecule has 1 aliphatic rings. The van der Waals surface area contributed by atoms with Crippen LogP contribution in [0.3, 0.4) is 0 Å². The summed E-state index contributed by atoms with van der Waals surface area (Å²) in [5, 5.41) is 10.9. The molecule has 0 amide bonds. The number of aliphatic hydroxyl groups is 1. The first-order valence-electron chi connectivity index (χ1n) is 6.94. The Hall–Kier alpha value is -0.950. The fourth-order valence-electron chi connectivity index (χ4n) is 2.60. The molecule has 1 fully saturated rings. The summed E-state index contributed by atoms with van der Waals surface area (Å²) in [6, 6.07) is 6.76. The molecule has 0 aliphatic carbocycles. The first-order chi connectivity index (χ1) is 9.44. The second-order valence-electron chi connectivity index (χ2n) is 5.44. The molecule has 1 aromatic rings. The van der Waals surface area contributed by atoms with E-state index >= 15 is 0 Å². The van der Waals surface area contributed by atoms with Crippen LogP contribution in [0.1, 0.15) is 38.7 Å². The monoisotopic (exact) mass is 298 g/mol. The third-order valence-corrected chi connectivity index (χ3v) is 5.14. The van der Waals surface area contributed by atoms with Crippen molar-refractivity contribution in [2.24, 2.45) is 0 Å². The van der Waals surface area contributed by atoms with Crippen LogP contribution in [-0.4, -0.2) is 30.6 Å². The maximum absolute atomic E-state index is 12.4. The summed E-state index contributed by atoms with van der Waals surface area (Å²) in [4.78, 5) is 2.88. The summed E-state index contributed by atoms with van der Waals surface area (Å²) in [5.74, 6) is 0. The fraction of sp³-hybridized carbons (Fsp3) is 0.571. The predicted molar refractivity (Wildman–Crippen MR) is 77.3 cm³/mol. The summed E-state index contributed by atoms with van der Waals surface area (Å²) in [6.45, 7) is 3.89. The van der Waals surface area contributed by atoms with Crippen LogP contribution in [0.2, 0.25) is 0 Å². The molecular formula is C14H22N2O3S. The highest BCUT2D eigenvalue weighted by atomic mass is 32.2. The number of nitrogens with zero attached hydrogens (tertiary/aromatic N) is 1. The zero-order chi connectivity index (χ0) is 14.8. The molecule has 1 saturated heterocycles. The van der Waals surface area contributed by atoms with Crippen LogP contribution >= 0.6 is 0 Å². The van der Waals surface area contributed by atoms with Crippen LogP contribution in [0, 0.1) is 0 Å². The summed E-state index contributed by atoms with van der Waals surface area (Å²) in [6.07, 6.45) is 3.10. The lowest BCUT2D eigenvalue weighted by Crippen LogP contribution is -2.53. The van der Waals surface area contributed by atoms with Crippen LogP contribution in [0.15, 0.2) is 29.2 Å². The minimum absolute atomic E-state index is 0.167. The molecule has 0 radical (unpaired) electrons. The highest BCUT2D eigenvalue weighted by Crippen LogP contribution is 2.22. The second-order valence-corrected chi connectivity index (χ2v) is 7.10. The van der Waals surface area contributed by atoms with E-state index in [4.69, 9.17) is 5.11 Å². The average molecular weight is 298 g/mol. The van der Waals surface area contributed by atoms with E-state index in [2.05, 4.69) is 4.83 Å². The van der Waals surface area contributed by atoms with Gasteiger partial charge in [0.15, 0.2) is 0 Å². The van der Waals surface area contributed by atoms with E-state index in [9.17, 15) is 8.42 Å². The number of hydrazine groups is 1. The molecule has 112 valence electrons. The topological polar surface area (TPSA) is 69.6 Å². The van der Waals surface area contributed by atoms with E-state index in [-0.39, 0.29) is 23.6 Å². The number of hydrogen-bond donors (Lipinski definition) is 2. The average Bonchev–Trinajstić information content (AvgIpc) is 2.43. The van der Waals surface area contributed by atoms with Gasteiger partial charge in [-0.1, -0.05) is 18.6 Å². The Morgan fingerprint density at radius 3 is 2.55 bits per heavy atom. The van der Waals surface area contributed by atoms with Gasteiger partial charge in [-0.15, -0.1) is 4.83 Å². The Morgan fingerprint density at radius 2 is 1.95 bits per heavy atom. The van der Waals surface area contributed by atoms with Gasteiger partial charge in [-0.3, -0.25) is 0 Å². The summed E-state index contributed by atoms with van der Waals surface area (Å²) in [5.41, 5.74) is 0.590. The quantitative estimate of drug-likeness (QED) is 0.886. The normalized spacial score (nSPS) is 24.8. The predicted octanol–water partition coefficient (Wildman–Crippen LogP) is 1.64. The number of benzene rings is 1. The van der Waals surface area contributed by atoms with E-state index in [1.54, 1.807) is 18.2 Å². The zero-order valence-electron chi connectivity index (χ0n) is 11.9. The van der Waals surface area contributed by atoms with E-state index in [0.717, 1.165) is 19.3 Å². The third kappa shape index (κ3) is 3.38. The Labute approximate surface area is 120 Å². The van der Waals surface area contributed by atoms with Crippen molar-refractivity contribution in [3.8, 4) is 0 Å². The number of sulfonamides is 1. The van der Waals surface area contributed by atoms with Gasteiger partial charge in [0.05, 0.1) is 11.5 Å². The lowest BCUT2D eigenvalue weighted by molar-refractivity contribution is 0.0790. The van der Waals surface area contributed by atoms with Crippen molar-refractivity contribution < 1.29 is 13.5 Å². The van der Waals surface area contributed by atoms with Crippen LogP contribution in [0.5, 0.6) is 0 Å². The minimum atomic E-state index is -3.59. The largest absolute Gasteiger partial charge is 0.392 e. The van der Waals surface area contributed by atoms with Crippen molar-refractivity contribution in [3.05, 3.63) is 29.8 Å². The number of piperidine rings is 1. The number of nitrogens with one attached hydrogen (secondary N) is 1. The molecule has 1 aromatic carbocycles. The SMILES string of the molecule is CC1CCCC(C)N1NS(=O)(=O)c1cccc(CO)c1. The van der Waals surface area contributed by atoms with Gasteiger partial charge in [0, 0.05) is 12.1 Å². The molecule has 20 heavy (non-hydrogen) atoms. The molecule has 1 heterocycles. The molecule has 2 unspecified atom stereocenters. The van der Waals surface area contributed by atoms with Gasteiger partial charge < -0.3 is 5.11 Å². The summed E-state index contributed by atoms with van der Waals surface area (Å²) >= 11 is 0. The lowest BCUT2D eigenvalue weighted by atomic mass is 10.0. The molecule has 0 spiro atoms. The van der Waals surface area contributed by atoms with Gasteiger partial charge in [-0.05, 0) is 44.4 Å². The van der Waals surface area contributed by atoms with Gasteiger partial charge in [0.1, 0.15) is 0 Å². The van der Waals surface area contributed by atoms with Crippen molar-refractivity contribution in [2.45, 2.75) is 56.7 Å². The van der Waals surface area contributed by atoms with Crippen LogP contribution < -0.4 is 4.83 Å². The molecule has 6 heteroatoms. The maximum Gasteiger partial charge on any atom is 0.253 e. The van der Waals surface area contributed by atoms with Crippen LogP contribution in [0.25, 0.3) is 0 Å². The molecule has 0 aromatic heterocycles. The Bertz CT molecular complexity index is 549. The van der Waals surface area contributed by atoms with Crippen molar-refractivity contribution in [1.82, 2.24) is 9.84 Å². The first-order valence-corrected chi connectivity index (χ1v) is 8.43. The highest BCUT2D eigenvalue weighted by molar-refractivity contribution is 7.89.